The summed E-state index contributed by atoms with van der Waals surface area (Å²) in [7, 11) is 1.89. The first-order chi connectivity index (χ1) is 8.16. The molecular weight excluding hydrogens is 235 g/mol. The lowest BCUT2D eigenvalue weighted by molar-refractivity contribution is 0.623. The van der Waals surface area contributed by atoms with Crippen molar-refractivity contribution in [3.63, 3.8) is 0 Å². The molecule has 1 heterocycles. The molecule has 0 radical (unpaired) electrons. The van der Waals surface area contributed by atoms with Crippen LogP contribution in [0.1, 0.15) is 4.88 Å². The van der Waals surface area contributed by atoms with Gasteiger partial charge in [-0.1, -0.05) is 6.07 Å². The Bertz CT molecular complexity index is 482. The monoisotopic (exact) mass is 250 g/mol. The fraction of sp³-hybridized carbons (Fsp3) is 0.231. The van der Waals surface area contributed by atoms with Crippen LogP contribution >= 0.6 is 11.3 Å². The van der Waals surface area contributed by atoms with Crippen molar-refractivity contribution in [3.8, 4) is 0 Å². The van der Waals surface area contributed by atoms with Gasteiger partial charge in [0.05, 0.1) is 5.69 Å². The van der Waals surface area contributed by atoms with Gasteiger partial charge in [0.15, 0.2) is 0 Å². The summed E-state index contributed by atoms with van der Waals surface area (Å²) in [5.74, 6) is -0.265. The third kappa shape index (κ3) is 2.97. The van der Waals surface area contributed by atoms with Crippen LogP contribution in [0.4, 0.5) is 15.8 Å². The quantitative estimate of drug-likeness (QED) is 0.845. The Morgan fingerprint density at radius 3 is 2.82 bits per heavy atom. The molecular formula is C13H15FN2S. The molecule has 4 heteroatoms. The maximum absolute atomic E-state index is 13.6. The fourth-order valence-electron chi connectivity index (χ4n) is 1.69. The minimum atomic E-state index is -0.265. The van der Waals surface area contributed by atoms with E-state index in [4.69, 9.17) is 5.73 Å². The standard InChI is InChI=1S/C13H15FN2S/c1-16(7-6-11-3-2-8-17-11)13-5-4-10(15)9-12(13)14/h2-5,8-9H,6-7,15H2,1H3. The molecule has 0 bridgehead atoms. The summed E-state index contributed by atoms with van der Waals surface area (Å²) in [5.41, 5.74) is 6.57. The largest absolute Gasteiger partial charge is 0.399 e. The molecule has 0 aliphatic heterocycles. The van der Waals surface area contributed by atoms with Gasteiger partial charge in [-0.15, -0.1) is 11.3 Å². The second-order valence-corrected chi connectivity index (χ2v) is 4.99. The average molecular weight is 250 g/mol. The number of rotatable bonds is 4. The highest BCUT2D eigenvalue weighted by Gasteiger charge is 2.07. The van der Waals surface area contributed by atoms with E-state index in [0.717, 1.165) is 13.0 Å². The van der Waals surface area contributed by atoms with Crippen LogP contribution in [0.25, 0.3) is 0 Å². The highest BCUT2D eigenvalue weighted by Crippen LogP contribution is 2.21. The van der Waals surface area contributed by atoms with Crippen molar-refractivity contribution in [2.24, 2.45) is 0 Å². The second kappa shape index (κ2) is 5.19. The summed E-state index contributed by atoms with van der Waals surface area (Å²) < 4.78 is 13.6. The molecule has 2 nitrogen and oxygen atoms in total. The van der Waals surface area contributed by atoms with Gasteiger partial charge in [-0.3, -0.25) is 0 Å². The van der Waals surface area contributed by atoms with E-state index in [-0.39, 0.29) is 5.82 Å². The summed E-state index contributed by atoms with van der Waals surface area (Å²) in [5, 5.41) is 2.05. The molecule has 17 heavy (non-hydrogen) atoms. The van der Waals surface area contributed by atoms with Gasteiger partial charge in [0.25, 0.3) is 0 Å². The van der Waals surface area contributed by atoms with E-state index in [1.54, 1.807) is 23.5 Å². The molecule has 0 saturated carbocycles. The van der Waals surface area contributed by atoms with Gasteiger partial charge in [0.2, 0.25) is 0 Å². The number of hydrogen-bond acceptors (Lipinski definition) is 3. The van der Waals surface area contributed by atoms with Crippen LogP contribution in [0.3, 0.4) is 0 Å². The lowest BCUT2D eigenvalue weighted by Crippen LogP contribution is -2.21. The molecule has 0 amide bonds. The van der Waals surface area contributed by atoms with E-state index in [2.05, 4.69) is 11.4 Å². The maximum atomic E-state index is 13.6. The van der Waals surface area contributed by atoms with E-state index in [9.17, 15) is 4.39 Å². The van der Waals surface area contributed by atoms with Gasteiger partial charge in [-0.2, -0.15) is 0 Å². The molecule has 2 aromatic rings. The third-order valence-electron chi connectivity index (χ3n) is 2.66. The number of nitrogen functional groups attached to an aromatic ring is 1. The van der Waals surface area contributed by atoms with Crippen LogP contribution in [0.5, 0.6) is 0 Å². The summed E-state index contributed by atoms with van der Waals surface area (Å²) in [6, 6.07) is 8.93. The van der Waals surface area contributed by atoms with Gasteiger partial charge in [0, 0.05) is 24.2 Å². The first-order valence-corrected chi connectivity index (χ1v) is 6.33. The Morgan fingerprint density at radius 2 is 2.18 bits per heavy atom. The summed E-state index contributed by atoms with van der Waals surface area (Å²) >= 11 is 1.73. The molecule has 0 unspecified atom stereocenters. The predicted octanol–water partition coefficient (Wildman–Crippen LogP) is 3.15. The number of halogens is 1. The van der Waals surface area contributed by atoms with Crippen LogP contribution < -0.4 is 10.6 Å². The molecule has 2 N–H and O–H groups in total. The van der Waals surface area contributed by atoms with E-state index in [1.165, 1.54) is 10.9 Å². The van der Waals surface area contributed by atoms with Crippen LogP contribution in [0, 0.1) is 5.82 Å². The summed E-state index contributed by atoms with van der Waals surface area (Å²) in [6.45, 7) is 0.793. The lowest BCUT2D eigenvalue weighted by Gasteiger charge is -2.19. The van der Waals surface area contributed by atoms with Crippen LogP contribution in [0.2, 0.25) is 0 Å². The van der Waals surface area contributed by atoms with Crippen molar-refractivity contribution in [1.82, 2.24) is 0 Å². The third-order valence-corrected chi connectivity index (χ3v) is 3.59. The van der Waals surface area contributed by atoms with Crippen molar-refractivity contribution in [1.29, 1.82) is 0 Å². The number of likely N-dealkylation sites (N-methyl/N-ethyl adjacent to an activating group) is 1. The molecule has 0 fully saturated rings. The lowest BCUT2D eigenvalue weighted by atomic mass is 10.2. The highest BCUT2D eigenvalue weighted by molar-refractivity contribution is 7.09. The molecule has 1 aromatic carbocycles. The van der Waals surface area contributed by atoms with Gasteiger partial charge >= 0.3 is 0 Å². The molecule has 0 atom stereocenters. The topological polar surface area (TPSA) is 29.3 Å². The molecule has 0 aliphatic carbocycles. The number of anilines is 2. The Hall–Kier alpha value is -1.55. The summed E-state index contributed by atoms with van der Waals surface area (Å²) in [4.78, 5) is 3.22. The Balaban J connectivity index is 2.01. The molecule has 0 aliphatic rings. The Morgan fingerprint density at radius 1 is 1.35 bits per heavy atom. The van der Waals surface area contributed by atoms with E-state index in [0.29, 0.717) is 11.4 Å². The Labute approximate surface area is 104 Å². The van der Waals surface area contributed by atoms with Crippen molar-refractivity contribution < 1.29 is 4.39 Å². The number of nitrogens with two attached hydrogens (primary N) is 1. The maximum Gasteiger partial charge on any atom is 0.148 e. The molecule has 0 spiro atoms. The van der Waals surface area contributed by atoms with Crippen molar-refractivity contribution in [2.75, 3.05) is 24.2 Å². The average Bonchev–Trinajstić information content (AvgIpc) is 2.78. The van der Waals surface area contributed by atoms with Crippen molar-refractivity contribution in [2.45, 2.75) is 6.42 Å². The van der Waals surface area contributed by atoms with Gasteiger partial charge in [-0.05, 0) is 36.1 Å². The van der Waals surface area contributed by atoms with Gasteiger partial charge in [-0.25, -0.2) is 4.39 Å². The normalized spacial score (nSPS) is 10.5. The number of benzene rings is 1. The summed E-state index contributed by atoms with van der Waals surface area (Å²) in [6.07, 6.45) is 0.929. The van der Waals surface area contributed by atoms with Crippen molar-refractivity contribution in [3.05, 3.63) is 46.4 Å². The number of nitrogens with zero attached hydrogens (tertiary/aromatic N) is 1. The second-order valence-electron chi connectivity index (χ2n) is 3.96. The SMILES string of the molecule is CN(CCc1cccs1)c1ccc(N)cc1F. The minimum Gasteiger partial charge on any atom is -0.399 e. The molecule has 2 rings (SSSR count). The number of hydrogen-bond donors (Lipinski definition) is 1. The van der Waals surface area contributed by atoms with E-state index < -0.39 is 0 Å². The van der Waals surface area contributed by atoms with Crippen LogP contribution in [-0.4, -0.2) is 13.6 Å². The highest BCUT2D eigenvalue weighted by atomic mass is 32.1. The van der Waals surface area contributed by atoms with Crippen LogP contribution in [-0.2, 0) is 6.42 Å². The smallest absolute Gasteiger partial charge is 0.148 e. The zero-order chi connectivity index (χ0) is 12.3. The first kappa shape index (κ1) is 11.9. The fourth-order valence-corrected chi connectivity index (χ4v) is 2.38. The van der Waals surface area contributed by atoms with E-state index >= 15 is 0 Å². The molecule has 0 saturated heterocycles. The van der Waals surface area contributed by atoms with Crippen LogP contribution in [0.15, 0.2) is 35.7 Å². The van der Waals surface area contributed by atoms with Gasteiger partial charge < -0.3 is 10.6 Å². The molecule has 90 valence electrons. The minimum absolute atomic E-state index is 0.265. The first-order valence-electron chi connectivity index (χ1n) is 5.45. The predicted molar refractivity (Wildman–Crippen MR) is 72.1 cm³/mol. The zero-order valence-corrected chi connectivity index (χ0v) is 10.5. The molecule has 1 aromatic heterocycles. The Kier molecular flexibility index (Phi) is 3.64. The zero-order valence-electron chi connectivity index (χ0n) is 9.69. The number of thiophene rings is 1. The van der Waals surface area contributed by atoms with Crippen molar-refractivity contribution >= 4 is 22.7 Å². The van der Waals surface area contributed by atoms with E-state index in [1.807, 2.05) is 18.0 Å². The van der Waals surface area contributed by atoms with Gasteiger partial charge in [0.1, 0.15) is 5.82 Å².